The molecule has 0 fully saturated rings. The summed E-state index contributed by atoms with van der Waals surface area (Å²) >= 11 is 15.9. The van der Waals surface area contributed by atoms with Gasteiger partial charge < -0.3 is 10.1 Å². The fraction of sp³-hybridized carbons (Fsp3) is 0.250. The Kier molecular flexibility index (Phi) is 4.46. The van der Waals surface area contributed by atoms with Crippen LogP contribution in [-0.2, 0) is 6.42 Å². The monoisotopic (exact) mass is 385 g/mol. The summed E-state index contributed by atoms with van der Waals surface area (Å²) in [5.74, 6) is 0.940. The van der Waals surface area contributed by atoms with E-state index in [9.17, 15) is 0 Å². The van der Waals surface area contributed by atoms with Crippen LogP contribution in [0.2, 0.25) is 10.0 Å². The van der Waals surface area contributed by atoms with Gasteiger partial charge in [-0.2, -0.15) is 0 Å². The summed E-state index contributed by atoms with van der Waals surface area (Å²) < 4.78 is 6.75. The van der Waals surface area contributed by atoms with Gasteiger partial charge in [-0.05, 0) is 48.5 Å². The predicted octanol–water partition coefficient (Wildman–Crippen LogP) is 5.00. The molecule has 0 aromatic heterocycles. The van der Waals surface area contributed by atoms with Crippen molar-refractivity contribution in [3.63, 3.8) is 0 Å². The van der Waals surface area contributed by atoms with E-state index >= 15 is 0 Å². The van der Waals surface area contributed by atoms with Crippen molar-refractivity contribution in [1.82, 2.24) is 5.32 Å². The van der Waals surface area contributed by atoms with Gasteiger partial charge in [-0.1, -0.05) is 39.1 Å². The second kappa shape index (κ2) is 6.17. The molecule has 2 aromatic carbocycles. The van der Waals surface area contributed by atoms with E-state index in [0.717, 1.165) is 32.8 Å². The smallest absolute Gasteiger partial charge is 0.127 e. The first kappa shape index (κ1) is 15.2. The predicted molar refractivity (Wildman–Crippen MR) is 90.7 cm³/mol. The number of hydrogen-bond donors (Lipinski definition) is 1. The number of benzene rings is 2. The molecule has 2 nitrogen and oxygen atoms in total. The third-order valence-corrected chi connectivity index (χ3v) is 4.49. The van der Waals surface area contributed by atoms with Crippen LogP contribution in [-0.4, -0.2) is 13.7 Å². The molecule has 0 bridgehead atoms. The molecule has 0 spiro atoms. The van der Waals surface area contributed by atoms with E-state index in [2.05, 4.69) is 27.3 Å². The molecule has 1 aliphatic heterocycles. The van der Waals surface area contributed by atoms with Crippen LogP contribution in [0.25, 0.3) is 0 Å². The van der Waals surface area contributed by atoms with Crippen LogP contribution in [0.4, 0.5) is 0 Å². The quantitative estimate of drug-likeness (QED) is 0.801. The van der Waals surface area contributed by atoms with E-state index < -0.39 is 0 Å². The molecule has 1 heterocycles. The Bertz CT molecular complexity index is 670. The van der Waals surface area contributed by atoms with Crippen LogP contribution in [0.3, 0.4) is 0 Å². The SMILES string of the molecule is CNC(c1cc(Cl)cc(Br)c1)c1cc(Cl)cc2c1OCC2. The number of ether oxygens (including phenoxy) is 1. The molecule has 5 heteroatoms. The van der Waals surface area contributed by atoms with E-state index in [-0.39, 0.29) is 6.04 Å². The van der Waals surface area contributed by atoms with E-state index in [1.807, 2.05) is 31.3 Å². The van der Waals surface area contributed by atoms with Gasteiger partial charge in [0.05, 0.1) is 12.6 Å². The molecule has 0 saturated carbocycles. The third-order valence-electron chi connectivity index (χ3n) is 3.60. The molecule has 0 amide bonds. The average molecular weight is 387 g/mol. The highest BCUT2D eigenvalue weighted by atomic mass is 79.9. The van der Waals surface area contributed by atoms with Crippen LogP contribution >= 0.6 is 39.1 Å². The topological polar surface area (TPSA) is 21.3 Å². The van der Waals surface area contributed by atoms with E-state index in [1.165, 1.54) is 5.56 Å². The molecule has 0 radical (unpaired) electrons. The molecule has 3 rings (SSSR count). The van der Waals surface area contributed by atoms with Crippen LogP contribution in [0.1, 0.15) is 22.7 Å². The molecule has 110 valence electrons. The molecule has 21 heavy (non-hydrogen) atoms. The Hall–Kier alpha value is -0.740. The number of nitrogens with one attached hydrogen (secondary N) is 1. The van der Waals surface area contributed by atoms with E-state index in [4.69, 9.17) is 27.9 Å². The fourth-order valence-corrected chi connectivity index (χ4v) is 3.89. The Morgan fingerprint density at radius 1 is 1.14 bits per heavy atom. The van der Waals surface area contributed by atoms with Gasteiger partial charge in [0.25, 0.3) is 0 Å². The lowest BCUT2D eigenvalue weighted by molar-refractivity contribution is 0.351. The summed E-state index contributed by atoms with van der Waals surface area (Å²) in [5, 5.41) is 4.75. The maximum Gasteiger partial charge on any atom is 0.127 e. The minimum absolute atomic E-state index is 0.0226. The molecule has 0 aliphatic carbocycles. The second-order valence-corrected chi connectivity index (χ2v) is 6.79. The Labute approximate surface area is 142 Å². The number of rotatable bonds is 3. The summed E-state index contributed by atoms with van der Waals surface area (Å²) in [6, 6.07) is 9.79. The van der Waals surface area contributed by atoms with Gasteiger partial charge in [0.2, 0.25) is 0 Å². The number of halogens is 3. The van der Waals surface area contributed by atoms with E-state index in [0.29, 0.717) is 11.6 Å². The van der Waals surface area contributed by atoms with Gasteiger partial charge in [0, 0.05) is 26.5 Å². The second-order valence-electron chi connectivity index (χ2n) is 5.01. The van der Waals surface area contributed by atoms with Crippen molar-refractivity contribution >= 4 is 39.1 Å². The van der Waals surface area contributed by atoms with Crippen LogP contribution in [0.15, 0.2) is 34.8 Å². The summed E-state index contributed by atoms with van der Waals surface area (Å²) in [5.41, 5.74) is 3.28. The van der Waals surface area contributed by atoms with Crippen LogP contribution in [0, 0.1) is 0 Å². The van der Waals surface area contributed by atoms with Crippen molar-refractivity contribution in [3.8, 4) is 5.75 Å². The first-order valence-electron chi connectivity index (χ1n) is 6.67. The van der Waals surface area contributed by atoms with Crippen molar-refractivity contribution in [2.45, 2.75) is 12.5 Å². The average Bonchev–Trinajstić information content (AvgIpc) is 2.86. The highest BCUT2D eigenvalue weighted by Gasteiger charge is 2.24. The van der Waals surface area contributed by atoms with Crippen LogP contribution in [0.5, 0.6) is 5.75 Å². The maximum atomic E-state index is 6.26. The van der Waals surface area contributed by atoms with Crippen molar-refractivity contribution in [2.75, 3.05) is 13.7 Å². The Balaban J connectivity index is 2.12. The van der Waals surface area contributed by atoms with Gasteiger partial charge in [-0.15, -0.1) is 0 Å². The minimum atomic E-state index is -0.0226. The highest BCUT2D eigenvalue weighted by Crippen LogP contribution is 2.39. The van der Waals surface area contributed by atoms with Gasteiger partial charge in [-0.3, -0.25) is 0 Å². The largest absolute Gasteiger partial charge is 0.493 e. The first-order chi connectivity index (χ1) is 10.1. The number of hydrogen-bond acceptors (Lipinski definition) is 2. The lowest BCUT2D eigenvalue weighted by Crippen LogP contribution is -2.18. The zero-order valence-corrected chi connectivity index (χ0v) is 14.5. The first-order valence-corrected chi connectivity index (χ1v) is 8.22. The lowest BCUT2D eigenvalue weighted by atomic mass is 9.96. The fourth-order valence-electron chi connectivity index (χ4n) is 2.76. The minimum Gasteiger partial charge on any atom is -0.493 e. The van der Waals surface area contributed by atoms with Crippen molar-refractivity contribution in [3.05, 3.63) is 61.5 Å². The summed E-state index contributed by atoms with van der Waals surface area (Å²) in [7, 11) is 1.92. The van der Waals surface area contributed by atoms with Gasteiger partial charge in [-0.25, -0.2) is 0 Å². The van der Waals surface area contributed by atoms with E-state index in [1.54, 1.807) is 0 Å². The molecule has 1 N–H and O–H groups in total. The molecule has 1 unspecified atom stereocenters. The van der Waals surface area contributed by atoms with Crippen LogP contribution < -0.4 is 10.1 Å². The standard InChI is InChI=1S/C16H14BrCl2NO/c1-20-15(10-4-11(17)7-12(18)6-10)14-8-13(19)5-9-2-3-21-16(9)14/h4-8,15,20H,2-3H2,1H3. The van der Waals surface area contributed by atoms with Crippen molar-refractivity contribution in [2.24, 2.45) is 0 Å². The normalized spacial score (nSPS) is 14.7. The van der Waals surface area contributed by atoms with Gasteiger partial charge in [0.1, 0.15) is 5.75 Å². The van der Waals surface area contributed by atoms with Crippen molar-refractivity contribution < 1.29 is 4.74 Å². The van der Waals surface area contributed by atoms with Gasteiger partial charge in [0.15, 0.2) is 0 Å². The Morgan fingerprint density at radius 2 is 1.90 bits per heavy atom. The van der Waals surface area contributed by atoms with Gasteiger partial charge >= 0.3 is 0 Å². The molecule has 1 atom stereocenters. The highest BCUT2D eigenvalue weighted by molar-refractivity contribution is 9.10. The summed E-state index contributed by atoms with van der Waals surface area (Å²) in [6.07, 6.45) is 0.901. The third kappa shape index (κ3) is 3.07. The zero-order chi connectivity index (χ0) is 15.0. The Morgan fingerprint density at radius 3 is 2.62 bits per heavy atom. The number of fused-ring (bicyclic) bond motifs is 1. The summed E-state index contributed by atoms with van der Waals surface area (Å²) in [4.78, 5) is 0. The van der Waals surface area contributed by atoms with Crippen molar-refractivity contribution in [1.29, 1.82) is 0 Å². The molecule has 0 saturated heterocycles. The molecule has 2 aromatic rings. The molecular weight excluding hydrogens is 373 g/mol. The molecule has 1 aliphatic rings. The summed E-state index contributed by atoms with van der Waals surface area (Å²) in [6.45, 7) is 0.707. The molecular formula is C16H14BrCl2NO. The maximum absolute atomic E-state index is 6.26. The lowest BCUT2D eigenvalue weighted by Gasteiger charge is -2.21. The zero-order valence-electron chi connectivity index (χ0n) is 11.4.